The molecule has 0 atom stereocenters. The number of aromatic nitrogens is 3. The van der Waals surface area contributed by atoms with Crippen LogP contribution < -0.4 is 10.9 Å². The minimum Gasteiger partial charge on any atom is -0.350 e. The molecule has 4 rings (SSSR count). The summed E-state index contributed by atoms with van der Waals surface area (Å²) in [7, 11) is 0. The lowest BCUT2D eigenvalue weighted by Gasteiger charge is -2.09. The van der Waals surface area contributed by atoms with E-state index in [-0.39, 0.29) is 17.9 Å². The summed E-state index contributed by atoms with van der Waals surface area (Å²) in [4.78, 5) is 32.3. The molecule has 2 N–H and O–H groups in total. The highest BCUT2D eigenvalue weighted by molar-refractivity contribution is 7.71. The van der Waals surface area contributed by atoms with Gasteiger partial charge in [-0.15, -0.1) is 0 Å². The van der Waals surface area contributed by atoms with E-state index in [1.165, 1.54) is 4.57 Å². The molecule has 29 heavy (non-hydrogen) atoms. The molecule has 0 aliphatic carbocycles. The fraction of sp³-hybridized carbons (Fsp3) is 0.0909. The first-order chi connectivity index (χ1) is 14.1. The zero-order valence-corrected chi connectivity index (χ0v) is 16.3. The van der Waals surface area contributed by atoms with Gasteiger partial charge in [0.05, 0.1) is 35.2 Å². The quantitative estimate of drug-likeness (QED) is 0.502. The standard InChI is InChI=1S/C22H18N4O2S/c27-20(24-14-16-5-3-4-12-23-16)13-15-8-10-17(11-9-15)26-21(28)18-6-1-2-7-19(18)25-22(26)29/h1-12H,13-14H2,(H,24,27)(H,25,29). The predicted octanol–water partition coefficient (Wildman–Crippen LogP) is 3.30. The van der Waals surface area contributed by atoms with Gasteiger partial charge >= 0.3 is 0 Å². The molecule has 0 fully saturated rings. The van der Waals surface area contributed by atoms with E-state index in [9.17, 15) is 9.59 Å². The molecule has 2 aromatic heterocycles. The monoisotopic (exact) mass is 402 g/mol. The number of fused-ring (bicyclic) bond motifs is 1. The fourth-order valence-electron chi connectivity index (χ4n) is 3.10. The summed E-state index contributed by atoms with van der Waals surface area (Å²) in [5.74, 6) is -0.0939. The van der Waals surface area contributed by atoms with Crippen LogP contribution in [0.4, 0.5) is 0 Å². The lowest BCUT2D eigenvalue weighted by atomic mass is 10.1. The van der Waals surface area contributed by atoms with Crippen molar-refractivity contribution < 1.29 is 4.79 Å². The van der Waals surface area contributed by atoms with Gasteiger partial charge in [0, 0.05) is 6.20 Å². The lowest BCUT2D eigenvalue weighted by molar-refractivity contribution is -0.120. The molecule has 2 aromatic carbocycles. The maximum atomic E-state index is 12.8. The Hall–Kier alpha value is -3.58. The summed E-state index contributed by atoms with van der Waals surface area (Å²) in [5.41, 5.74) is 2.84. The van der Waals surface area contributed by atoms with Gasteiger partial charge in [-0.3, -0.25) is 19.1 Å². The molecular formula is C22H18N4O2S. The van der Waals surface area contributed by atoms with Gasteiger partial charge in [-0.2, -0.15) is 0 Å². The van der Waals surface area contributed by atoms with Crippen LogP contribution in [0.1, 0.15) is 11.3 Å². The molecular weight excluding hydrogens is 384 g/mol. The van der Waals surface area contributed by atoms with Gasteiger partial charge in [0.25, 0.3) is 5.56 Å². The Bertz CT molecular complexity index is 1280. The summed E-state index contributed by atoms with van der Waals surface area (Å²) in [6, 6.07) is 20.1. The molecule has 0 radical (unpaired) electrons. The predicted molar refractivity (Wildman–Crippen MR) is 115 cm³/mol. The summed E-state index contributed by atoms with van der Waals surface area (Å²) >= 11 is 5.37. The smallest absolute Gasteiger partial charge is 0.266 e. The van der Waals surface area contributed by atoms with E-state index in [0.29, 0.717) is 27.9 Å². The molecule has 0 aliphatic rings. The lowest BCUT2D eigenvalue weighted by Crippen LogP contribution is -2.25. The summed E-state index contributed by atoms with van der Waals surface area (Å²) in [6.45, 7) is 0.388. The zero-order valence-electron chi connectivity index (χ0n) is 15.5. The maximum Gasteiger partial charge on any atom is 0.266 e. The van der Waals surface area contributed by atoms with Crippen molar-refractivity contribution in [3.63, 3.8) is 0 Å². The Kier molecular flexibility index (Phi) is 5.31. The van der Waals surface area contributed by atoms with Crippen molar-refractivity contribution in [2.75, 3.05) is 0 Å². The fourth-order valence-corrected chi connectivity index (χ4v) is 3.40. The number of amides is 1. The topological polar surface area (TPSA) is 79.8 Å². The van der Waals surface area contributed by atoms with Crippen molar-refractivity contribution in [2.45, 2.75) is 13.0 Å². The largest absolute Gasteiger partial charge is 0.350 e. The highest BCUT2D eigenvalue weighted by atomic mass is 32.1. The normalized spacial score (nSPS) is 10.8. The van der Waals surface area contributed by atoms with Gasteiger partial charge in [0.2, 0.25) is 5.91 Å². The molecule has 0 spiro atoms. The first-order valence-electron chi connectivity index (χ1n) is 9.12. The number of nitrogens with one attached hydrogen (secondary N) is 2. The number of nitrogens with zero attached hydrogens (tertiary/aromatic N) is 2. The summed E-state index contributed by atoms with van der Waals surface area (Å²) in [6.07, 6.45) is 1.94. The molecule has 1 amide bonds. The second kappa shape index (κ2) is 8.20. The maximum absolute atomic E-state index is 12.8. The van der Waals surface area contributed by atoms with Gasteiger partial charge in [0.15, 0.2) is 4.77 Å². The third kappa shape index (κ3) is 4.14. The number of pyridine rings is 1. The van der Waals surface area contributed by atoms with Crippen LogP contribution in [0, 0.1) is 4.77 Å². The Labute approximate surface area is 171 Å². The number of aromatic amines is 1. The number of hydrogen-bond acceptors (Lipinski definition) is 4. The van der Waals surface area contributed by atoms with Gasteiger partial charge in [-0.05, 0) is 54.2 Å². The molecule has 0 aliphatic heterocycles. The number of carbonyl (C=O) groups is 1. The number of hydrogen-bond donors (Lipinski definition) is 2. The van der Waals surface area contributed by atoms with Crippen LogP contribution in [0.25, 0.3) is 16.6 Å². The van der Waals surface area contributed by atoms with Crippen LogP contribution in [-0.4, -0.2) is 20.4 Å². The highest BCUT2D eigenvalue weighted by Crippen LogP contribution is 2.12. The van der Waals surface area contributed by atoms with Crippen LogP contribution >= 0.6 is 12.2 Å². The van der Waals surface area contributed by atoms with E-state index in [2.05, 4.69) is 15.3 Å². The molecule has 0 saturated heterocycles. The van der Waals surface area contributed by atoms with Gasteiger partial charge in [-0.25, -0.2) is 0 Å². The third-order valence-electron chi connectivity index (χ3n) is 4.56. The Balaban J connectivity index is 1.51. The van der Waals surface area contributed by atoms with E-state index < -0.39 is 0 Å². The van der Waals surface area contributed by atoms with Crippen molar-refractivity contribution in [3.8, 4) is 5.69 Å². The molecule has 2 heterocycles. The van der Waals surface area contributed by atoms with Gasteiger partial charge in [0.1, 0.15) is 0 Å². The Morgan fingerprint density at radius 3 is 2.55 bits per heavy atom. The minimum atomic E-state index is -0.176. The van der Waals surface area contributed by atoms with Crippen LogP contribution in [0.2, 0.25) is 0 Å². The second-order valence-electron chi connectivity index (χ2n) is 6.56. The van der Waals surface area contributed by atoms with Crippen molar-refractivity contribution in [3.05, 3.63) is 99.3 Å². The van der Waals surface area contributed by atoms with Crippen molar-refractivity contribution in [2.24, 2.45) is 0 Å². The number of para-hydroxylation sites is 1. The number of carbonyl (C=O) groups excluding carboxylic acids is 1. The van der Waals surface area contributed by atoms with Gasteiger partial charge in [-0.1, -0.05) is 30.3 Å². The highest BCUT2D eigenvalue weighted by Gasteiger charge is 2.08. The van der Waals surface area contributed by atoms with Gasteiger partial charge < -0.3 is 10.3 Å². The first-order valence-corrected chi connectivity index (χ1v) is 9.52. The minimum absolute atomic E-state index is 0.0939. The number of benzene rings is 2. The van der Waals surface area contributed by atoms with Crippen molar-refractivity contribution in [1.29, 1.82) is 0 Å². The number of H-pyrrole nitrogens is 1. The average Bonchev–Trinajstić information content (AvgIpc) is 2.74. The second-order valence-corrected chi connectivity index (χ2v) is 6.94. The van der Waals surface area contributed by atoms with Crippen LogP contribution in [0.3, 0.4) is 0 Å². The molecule has 0 saturated carbocycles. The molecule has 0 unspecified atom stereocenters. The SMILES string of the molecule is O=C(Cc1ccc(-n2c(=S)[nH]c3ccccc3c2=O)cc1)NCc1ccccn1. The molecule has 6 nitrogen and oxygen atoms in total. The molecule has 144 valence electrons. The van der Waals surface area contributed by atoms with Crippen molar-refractivity contribution >= 4 is 29.0 Å². The first kappa shape index (κ1) is 18.8. The zero-order chi connectivity index (χ0) is 20.2. The van der Waals surface area contributed by atoms with E-state index in [0.717, 1.165) is 11.3 Å². The molecule has 4 aromatic rings. The van der Waals surface area contributed by atoms with E-state index >= 15 is 0 Å². The summed E-state index contributed by atoms with van der Waals surface area (Å²) in [5, 5.41) is 3.42. The Morgan fingerprint density at radius 2 is 1.79 bits per heavy atom. The van der Waals surface area contributed by atoms with Crippen LogP contribution in [0.5, 0.6) is 0 Å². The average molecular weight is 402 g/mol. The van der Waals surface area contributed by atoms with Crippen LogP contribution in [0.15, 0.2) is 77.7 Å². The van der Waals surface area contributed by atoms with E-state index in [4.69, 9.17) is 12.2 Å². The Morgan fingerprint density at radius 1 is 1.03 bits per heavy atom. The van der Waals surface area contributed by atoms with Crippen LogP contribution in [-0.2, 0) is 17.8 Å². The summed E-state index contributed by atoms with van der Waals surface area (Å²) < 4.78 is 1.79. The third-order valence-corrected chi connectivity index (χ3v) is 4.84. The molecule has 7 heteroatoms. The molecule has 0 bridgehead atoms. The number of rotatable bonds is 5. The van der Waals surface area contributed by atoms with Crippen molar-refractivity contribution in [1.82, 2.24) is 19.9 Å². The van der Waals surface area contributed by atoms with E-state index in [1.54, 1.807) is 24.4 Å². The van der Waals surface area contributed by atoms with E-state index in [1.807, 2.05) is 48.5 Å².